The lowest BCUT2D eigenvalue weighted by molar-refractivity contribution is 0.324. The van der Waals surface area contributed by atoms with E-state index in [1.165, 1.54) is 4.31 Å². The Morgan fingerprint density at radius 3 is 2.53 bits per heavy atom. The molecule has 106 valence electrons. The van der Waals surface area contributed by atoms with Crippen LogP contribution in [0.25, 0.3) is 0 Å². The molecular weight excluding hydrogens is 262 g/mol. The minimum Gasteiger partial charge on any atom is -0.314 e. The van der Waals surface area contributed by atoms with Gasteiger partial charge in [-0.2, -0.15) is 17.0 Å². The lowest BCUT2D eigenvalue weighted by atomic mass is 10.1. The second kappa shape index (κ2) is 6.00. The summed E-state index contributed by atoms with van der Waals surface area (Å²) in [6, 6.07) is 7.87. The summed E-state index contributed by atoms with van der Waals surface area (Å²) >= 11 is 0. The van der Waals surface area contributed by atoms with Crippen LogP contribution < -0.4 is 5.32 Å². The molecule has 2 rings (SSSR count). The van der Waals surface area contributed by atoms with Gasteiger partial charge in [-0.3, -0.25) is 0 Å². The molecule has 1 aromatic rings. The van der Waals surface area contributed by atoms with Crippen LogP contribution in [0.4, 0.5) is 0 Å². The SMILES string of the molecule is Cc1ccccc1CN(C)S(=O)(=O)N1CCNCC1. The highest BCUT2D eigenvalue weighted by molar-refractivity contribution is 7.86. The molecule has 19 heavy (non-hydrogen) atoms. The summed E-state index contributed by atoms with van der Waals surface area (Å²) in [6.45, 7) is 4.94. The molecule has 0 radical (unpaired) electrons. The molecule has 1 aromatic carbocycles. The maximum Gasteiger partial charge on any atom is 0.282 e. The van der Waals surface area contributed by atoms with Crippen LogP contribution in [0.1, 0.15) is 11.1 Å². The Balaban J connectivity index is 2.10. The fourth-order valence-electron chi connectivity index (χ4n) is 2.18. The third kappa shape index (κ3) is 3.33. The Labute approximate surface area is 115 Å². The second-order valence-electron chi connectivity index (χ2n) is 4.84. The summed E-state index contributed by atoms with van der Waals surface area (Å²) in [6.07, 6.45) is 0. The van der Waals surface area contributed by atoms with Crippen LogP contribution in [-0.2, 0) is 16.8 Å². The summed E-state index contributed by atoms with van der Waals surface area (Å²) in [5.74, 6) is 0. The lowest BCUT2D eigenvalue weighted by Gasteiger charge is -2.30. The summed E-state index contributed by atoms with van der Waals surface area (Å²) in [4.78, 5) is 0. The Kier molecular flexibility index (Phi) is 4.57. The van der Waals surface area contributed by atoms with Gasteiger partial charge in [-0.1, -0.05) is 24.3 Å². The highest BCUT2D eigenvalue weighted by Gasteiger charge is 2.28. The maximum atomic E-state index is 12.4. The van der Waals surface area contributed by atoms with Crippen molar-refractivity contribution in [2.75, 3.05) is 33.2 Å². The van der Waals surface area contributed by atoms with E-state index in [1.54, 1.807) is 11.4 Å². The van der Waals surface area contributed by atoms with Crippen molar-refractivity contribution in [3.05, 3.63) is 35.4 Å². The molecule has 0 amide bonds. The smallest absolute Gasteiger partial charge is 0.282 e. The van der Waals surface area contributed by atoms with Crippen LogP contribution in [0.2, 0.25) is 0 Å². The second-order valence-corrected chi connectivity index (χ2v) is 6.87. The molecule has 6 heteroatoms. The van der Waals surface area contributed by atoms with Crippen LogP contribution in [0.5, 0.6) is 0 Å². The molecule has 1 heterocycles. The predicted octanol–water partition coefficient (Wildman–Crippen LogP) is 0.577. The molecule has 0 aromatic heterocycles. The molecule has 0 atom stereocenters. The first-order valence-corrected chi connectivity index (χ1v) is 7.88. The van der Waals surface area contributed by atoms with E-state index in [0.29, 0.717) is 19.6 Å². The average Bonchev–Trinajstić information content (AvgIpc) is 2.42. The van der Waals surface area contributed by atoms with Crippen LogP contribution in [0, 0.1) is 6.92 Å². The molecule has 5 nitrogen and oxygen atoms in total. The molecule has 0 saturated carbocycles. The normalized spacial score (nSPS) is 17.8. The number of hydrogen-bond acceptors (Lipinski definition) is 3. The first-order valence-electron chi connectivity index (χ1n) is 6.48. The van der Waals surface area contributed by atoms with Crippen molar-refractivity contribution < 1.29 is 8.42 Å². The van der Waals surface area contributed by atoms with Gasteiger partial charge in [0.25, 0.3) is 10.2 Å². The van der Waals surface area contributed by atoms with Gasteiger partial charge in [0.1, 0.15) is 0 Å². The first-order chi connectivity index (χ1) is 9.01. The zero-order valence-corrected chi connectivity index (χ0v) is 12.3. The number of piperazine rings is 1. The zero-order valence-electron chi connectivity index (χ0n) is 11.5. The summed E-state index contributed by atoms with van der Waals surface area (Å²) < 4.78 is 27.8. The maximum absolute atomic E-state index is 12.4. The molecule has 1 fully saturated rings. The van der Waals surface area contributed by atoms with E-state index in [4.69, 9.17) is 0 Å². The lowest BCUT2D eigenvalue weighted by Crippen LogP contribution is -2.50. The molecule has 0 unspecified atom stereocenters. The first kappa shape index (κ1) is 14.5. The number of nitrogens with one attached hydrogen (secondary N) is 1. The number of rotatable bonds is 4. The quantitative estimate of drug-likeness (QED) is 0.879. The zero-order chi connectivity index (χ0) is 13.9. The molecular formula is C13H21N3O2S. The highest BCUT2D eigenvalue weighted by Crippen LogP contribution is 2.14. The standard InChI is InChI=1S/C13H21N3O2S/c1-12-5-3-4-6-13(12)11-15(2)19(17,18)16-9-7-14-8-10-16/h3-6,14H,7-11H2,1-2H3. The fraction of sp³-hybridized carbons (Fsp3) is 0.538. The van der Waals surface area contributed by atoms with E-state index in [9.17, 15) is 8.42 Å². The van der Waals surface area contributed by atoms with Crippen molar-refractivity contribution >= 4 is 10.2 Å². The van der Waals surface area contributed by atoms with E-state index in [1.807, 2.05) is 31.2 Å². The minimum absolute atomic E-state index is 0.416. The van der Waals surface area contributed by atoms with Gasteiger partial charge in [-0.15, -0.1) is 0 Å². The molecule has 1 saturated heterocycles. The van der Waals surface area contributed by atoms with Crippen molar-refractivity contribution in [3.8, 4) is 0 Å². The molecule has 0 aliphatic carbocycles. The minimum atomic E-state index is -3.35. The fourth-order valence-corrected chi connectivity index (χ4v) is 3.52. The van der Waals surface area contributed by atoms with E-state index in [2.05, 4.69) is 5.32 Å². The third-order valence-corrected chi connectivity index (χ3v) is 5.38. The molecule has 1 N–H and O–H groups in total. The van der Waals surface area contributed by atoms with Crippen LogP contribution >= 0.6 is 0 Å². The topological polar surface area (TPSA) is 52.7 Å². The van der Waals surface area contributed by atoms with Crippen LogP contribution in [0.3, 0.4) is 0 Å². The van der Waals surface area contributed by atoms with Crippen molar-refractivity contribution in [2.24, 2.45) is 0 Å². The monoisotopic (exact) mass is 283 g/mol. The average molecular weight is 283 g/mol. The molecule has 0 spiro atoms. The number of nitrogens with zero attached hydrogens (tertiary/aromatic N) is 2. The third-order valence-electron chi connectivity index (χ3n) is 3.45. The van der Waals surface area contributed by atoms with E-state index < -0.39 is 10.2 Å². The van der Waals surface area contributed by atoms with Crippen molar-refractivity contribution in [3.63, 3.8) is 0 Å². The summed E-state index contributed by atoms with van der Waals surface area (Å²) in [7, 11) is -1.71. The summed E-state index contributed by atoms with van der Waals surface area (Å²) in [5.41, 5.74) is 2.16. The largest absolute Gasteiger partial charge is 0.314 e. The predicted molar refractivity (Wildman–Crippen MR) is 76.0 cm³/mol. The van der Waals surface area contributed by atoms with E-state index in [-0.39, 0.29) is 0 Å². The van der Waals surface area contributed by atoms with Crippen LogP contribution in [0.15, 0.2) is 24.3 Å². The van der Waals surface area contributed by atoms with Gasteiger partial charge in [0, 0.05) is 39.8 Å². The highest BCUT2D eigenvalue weighted by atomic mass is 32.2. The Bertz CT molecular complexity index is 524. The van der Waals surface area contributed by atoms with Gasteiger partial charge in [0.2, 0.25) is 0 Å². The molecule has 1 aliphatic heterocycles. The number of hydrogen-bond donors (Lipinski definition) is 1. The van der Waals surface area contributed by atoms with Gasteiger partial charge in [0.05, 0.1) is 0 Å². The number of aryl methyl sites for hydroxylation is 1. The molecule has 1 aliphatic rings. The van der Waals surface area contributed by atoms with E-state index >= 15 is 0 Å². The summed E-state index contributed by atoms with van der Waals surface area (Å²) in [5, 5.41) is 3.16. The Morgan fingerprint density at radius 2 is 1.89 bits per heavy atom. The van der Waals surface area contributed by atoms with Crippen molar-refractivity contribution in [2.45, 2.75) is 13.5 Å². The Morgan fingerprint density at radius 1 is 1.26 bits per heavy atom. The van der Waals surface area contributed by atoms with Crippen molar-refractivity contribution in [1.29, 1.82) is 0 Å². The van der Waals surface area contributed by atoms with Crippen molar-refractivity contribution in [1.82, 2.24) is 13.9 Å². The van der Waals surface area contributed by atoms with Gasteiger partial charge >= 0.3 is 0 Å². The van der Waals surface area contributed by atoms with Gasteiger partial charge < -0.3 is 5.32 Å². The van der Waals surface area contributed by atoms with Gasteiger partial charge in [0.15, 0.2) is 0 Å². The Hall–Kier alpha value is -0.950. The molecule has 0 bridgehead atoms. The van der Waals surface area contributed by atoms with Gasteiger partial charge in [-0.25, -0.2) is 0 Å². The van der Waals surface area contributed by atoms with E-state index in [0.717, 1.165) is 24.2 Å². The van der Waals surface area contributed by atoms with Crippen LogP contribution in [-0.4, -0.2) is 50.3 Å². The number of benzene rings is 1. The van der Waals surface area contributed by atoms with Gasteiger partial charge in [-0.05, 0) is 18.1 Å².